The van der Waals surface area contributed by atoms with Crippen molar-refractivity contribution in [2.45, 2.75) is 26.2 Å². The molecule has 0 aromatic heterocycles. The molecule has 0 aliphatic heterocycles. The predicted octanol–water partition coefficient (Wildman–Crippen LogP) is 3.99. The first kappa shape index (κ1) is 22.5. The van der Waals surface area contributed by atoms with E-state index in [-0.39, 0.29) is 12.0 Å². The lowest BCUT2D eigenvalue weighted by Crippen LogP contribution is -2.43. The molecule has 29 heavy (non-hydrogen) atoms. The third-order valence-corrected chi connectivity index (χ3v) is 4.65. The number of para-hydroxylation sites is 1. The van der Waals surface area contributed by atoms with Gasteiger partial charge in [-0.05, 0) is 51.2 Å². The minimum absolute atomic E-state index is 0.0139. The van der Waals surface area contributed by atoms with Crippen molar-refractivity contribution in [2.75, 3.05) is 13.7 Å². The van der Waals surface area contributed by atoms with Crippen molar-refractivity contribution in [3.63, 3.8) is 0 Å². The fourth-order valence-corrected chi connectivity index (χ4v) is 2.90. The van der Waals surface area contributed by atoms with E-state index in [1.54, 1.807) is 19.3 Å². The van der Waals surface area contributed by atoms with Gasteiger partial charge < -0.3 is 9.47 Å². The molecule has 2 N–H and O–H groups in total. The summed E-state index contributed by atoms with van der Waals surface area (Å²) in [5, 5.41) is 0. The first-order valence-corrected chi connectivity index (χ1v) is 9.83. The zero-order chi connectivity index (χ0) is 21.4. The van der Waals surface area contributed by atoms with Crippen molar-refractivity contribution in [1.82, 2.24) is 10.9 Å². The fraction of sp³-hybridized carbons (Fsp3) is 0.273. The van der Waals surface area contributed by atoms with E-state index < -0.39 is 11.8 Å². The van der Waals surface area contributed by atoms with E-state index in [2.05, 4.69) is 47.6 Å². The van der Waals surface area contributed by atoms with Gasteiger partial charge >= 0.3 is 0 Å². The monoisotopic (exact) mass is 460 g/mol. The number of rotatable bonds is 6. The highest BCUT2D eigenvalue weighted by Crippen LogP contribution is 2.31. The minimum atomic E-state index is -0.476. The molecule has 0 radical (unpaired) electrons. The molecular weight excluding hydrogens is 436 g/mol. The molecule has 0 heterocycles. The molecular formula is C22H25BrN2O4. The summed E-state index contributed by atoms with van der Waals surface area (Å²) in [6.45, 7) is 6.12. The van der Waals surface area contributed by atoms with Gasteiger partial charge in [0.15, 0.2) is 6.61 Å². The quantitative estimate of drug-likeness (QED) is 0.504. The van der Waals surface area contributed by atoms with Crippen molar-refractivity contribution < 1.29 is 19.1 Å². The number of carbonyl (C=O) groups is 2. The van der Waals surface area contributed by atoms with Crippen molar-refractivity contribution >= 4 is 33.8 Å². The van der Waals surface area contributed by atoms with Crippen LogP contribution in [-0.4, -0.2) is 25.5 Å². The highest BCUT2D eigenvalue weighted by molar-refractivity contribution is 9.10. The minimum Gasteiger partial charge on any atom is -0.496 e. The van der Waals surface area contributed by atoms with Crippen molar-refractivity contribution in [3.8, 4) is 11.5 Å². The molecule has 0 saturated heterocycles. The Hall–Kier alpha value is -2.80. The lowest BCUT2D eigenvalue weighted by Gasteiger charge is -2.20. The molecule has 6 nitrogen and oxygen atoms in total. The molecule has 2 amide bonds. The van der Waals surface area contributed by atoms with Crippen molar-refractivity contribution in [3.05, 3.63) is 64.1 Å². The molecule has 0 atom stereocenters. The van der Waals surface area contributed by atoms with Crippen molar-refractivity contribution in [1.29, 1.82) is 0 Å². The fourth-order valence-electron chi connectivity index (χ4n) is 2.41. The van der Waals surface area contributed by atoms with Gasteiger partial charge in [0.05, 0.1) is 11.6 Å². The first-order valence-electron chi connectivity index (χ1n) is 9.03. The normalized spacial score (nSPS) is 11.2. The van der Waals surface area contributed by atoms with Gasteiger partial charge in [0.25, 0.3) is 11.8 Å². The molecule has 0 unspecified atom stereocenters. The van der Waals surface area contributed by atoms with E-state index >= 15 is 0 Å². The van der Waals surface area contributed by atoms with Gasteiger partial charge in [0.1, 0.15) is 11.5 Å². The van der Waals surface area contributed by atoms with E-state index in [4.69, 9.17) is 9.47 Å². The lowest BCUT2D eigenvalue weighted by atomic mass is 9.87. The molecule has 7 heteroatoms. The van der Waals surface area contributed by atoms with Gasteiger partial charge in [-0.15, -0.1) is 0 Å². The second-order valence-electron chi connectivity index (χ2n) is 7.30. The molecule has 0 fully saturated rings. The Kier molecular flexibility index (Phi) is 7.84. The number of carbonyl (C=O) groups excluding carboxylic acids is 2. The number of benzene rings is 2. The summed E-state index contributed by atoms with van der Waals surface area (Å²) in [5.41, 5.74) is 6.54. The summed E-state index contributed by atoms with van der Waals surface area (Å²) in [5.74, 6) is 0.253. The summed E-state index contributed by atoms with van der Waals surface area (Å²) in [6, 6.07) is 13.0. The molecule has 0 bridgehead atoms. The maximum Gasteiger partial charge on any atom is 0.276 e. The van der Waals surface area contributed by atoms with E-state index in [0.717, 1.165) is 15.6 Å². The van der Waals surface area contributed by atoms with Gasteiger partial charge in [-0.25, -0.2) is 0 Å². The number of amides is 2. The summed E-state index contributed by atoms with van der Waals surface area (Å²) in [7, 11) is 1.56. The Bertz CT molecular complexity index is 904. The predicted molar refractivity (Wildman–Crippen MR) is 117 cm³/mol. The van der Waals surface area contributed by atoms with Crippen LogP contribution in [0.5, 0.6) is 11.5 Å². The molecule has 2 aromatic rings. The second kappa shape index (κ2) is 10.1. The van der Waals surface area contributed by atoms with Crippen LogP contribution < -0.4 is 20.3 Å². The number of ether oxygens (including phenoxy) is 2. The number of nitrogens with one attached hydrogen (secondary N) is 2. The molecule has 0 aliphatic carbocycles. The van der Waals surface area contributed by atoms with E-state index in [9.17, 15) is 9.59 Å². The highest BCUT2D eigenvalue weighted by atomic mass is 79.9. The topological polar surface area (TPSA) is 76.7 Å². The Morgan fingerprint density at radius 3 is 2.45 bits per heavy atom. The van der Waals surface area contributed by atoms with Gasteiger partial charge in [-0.1, -0.05) is 45.0 Å². The maximum atomic E-state index is 11.9. The van der Waals surface area contributed by atoms with E-state index in [1.807, 2.05) is 36.4 Å². The van der Waals surface area contributed by atoms with E-state index in [0.29, 0.717) is 11.5 Å². The smallest absolute Gasteiger partial charge is 0.276 e. The van der Waals surface area contributed by atoms with Crippen LogP contribution in [-0.2, 0) is 15.0 Å². The Labute approximate surface area is 179 Å². The zero-order valence-corrected chi connectivity index (χ0v) is 18.5. The number of hydrogen-bond acceptors (Lipinski definition) is 4. The maximum absolute atomic E-state index is 11.9. The largest absolute Gasteiger partial charge is 0.496 e. The summed E-state index contributed by atoms with van der Waals surface area (Å²) in [4.78, 5) is 23.8. The average Bonchev–Trinajstić information content (AvgIpc) is 2.69. The molecule has 2 aromatic carbocycles. The number of halogens is 1. The third-order valence-electron chi connectivity index (χ3n) is 4.03. The van der Waals surface area contributed by atoms with Crippen molar-refractivity contribution in [2.24, 2.45) is 0 Å². The Morgan fingerprint density at radius 2 is 1.79 bits per heavy atom. The van der Waals surface area contributed by atoms with Gasteiger partial charge in [-0.2, -0.15) is 0 Å². The van der Waals surface area contributed by atoms with Gasteiger partial charge in [0.2, 0.25) is 0 Å². The zero-order valence-electron chi connectivity index (χ0n) is 16.9. The third kappa shape index (κ3) is 6.94. The molecule has 154 valence electrons. The molecule has 0 aliphatic rings. The SMILES string of the molecule is COc1ccccc1/C=C/C(=O)NNC(=O)COc1ccc(C(C)(C)C)cc1Br. The van der Waals surface area contributed by atoms with Crippen LogP contribution in [0.2, 0.25) is 0 Å². The van der Waals surface area contributed by atoms with Crippen LogP contribution in [0.25, 0.3) is 6.08 Å². The van der Waals surface area contributed by atoms with Crippen LogP contribution in [0.4, 0.5) is 0 Å². The van der Waals surface area contributed by atoms with E-state index in [1.165, 1.54) is 6.08 Å². The van der Waals surface area contributed by atoms with Crippen LogP contribution in [0, 0.1) is 0 Å². The van der Waals surface area contributed by atoms with Crippen LogP contribution in [0.1, 0.15) is 31.9 Å². The standard InChI is InChI=1S/C22H25BrN2O4/c1-22(2,3)16-10-11-19(17(23)13-16)29-14-21(27)25-24-20(26)12-9-15-7-5-6-8-18(15)28-4/h5-13H,14H2,1-4H3,(H,24,26)(H,25,27)/b12-9+. The average molecular weight is 461 g/mol. The number of hydrazine groups is 1. The Balaban J connectivity index is 1.82. The summed E-state index contributed by atoms with van der Waals surface area (Å²) in [6.07, 6.45) is 2.91. The van der Waals surface area contributed by atoms with Crippen LogP contribution >= 0.6 is 15.9 Å². The summed E-state index contributed by atoms with van der Waals surface area (Å²) < 4.78 is 11.5. The van der Waals surface area contributed by atoms with Crippen LogP contribution in [0.3, 0.4) is 0 Å². The van der Waals surface area contributed by atoms with Gasteiger partial charge in [0, 0.05) is 11.6 Å². The summed E-state index contributed by atoms with van der Waals surface area (Å²) >= 11 is 3.46. The highest BCUT2D eigenvalue weighted by Gasteiger charge is 2.15. The van der Waals surface area contributed by atoms with Crippen LogP contribution in [0.15, 0.2) is 53.0 Å². The number of hydrogen-bond donors (Lipinski definition) is 2. The second-order valence-corrected chi connectivity index (χ2v) is 8.15. The molecule has 0 spiro atoms. The molecule has 0 saturated carbocycles. The number of methoxy groups -OCH3 is 1. The molecule has 2 rings (SSSR count). The Morgan fingerprint density at radius 1 is 1.07 bits per heavy atom. The lowest BCUT2D eigenvalue weighted by molar-refractivity contribution is -0.128. The first-order chi connectivity index (χ1) is 13.7. The van der Waals surface area contributed by atoms with Gasteiger partial charge in [-0.3, -0.25) is 20.4 Å².